The van der Waals surface area contributed by atoms with Gasteiger partial charge in [0.1, 0.15) is 0 Å². The molecule has 1 aromatic carbocycles. The van der Waals surface area contributed by atoms with E-state index in [9.17, 15) is 4.79 Å². The molecule has 5 nitrogen and oxygen atoms in total. The Morgan fingerprint density at radius 2 is 2.19 bits per heavy atom. The molecule has 3 rings (SSSR count). The van der Waals surface area contributed by atoms with Crippen molar-refractivity contribution in [3.05, 3.63) is 48.5 Å². The quantitative estimate of drug-likeness (QED) is 0.902. The SMILES string of the molecule is CC1CC(NC(=O)c2ccc(-n3ccnc3)cc2)CCN1. The summed E-state index contributed by atoms with van der Waals surface area (Å²) in [5, 5.41) is 6.51. The van der Waals surface area contributed by atoms with E-state index in [1.807, 2.05) is 35.0 Å². The molecule has 1 aromatic heterocycles. The first-order valence-electron chi connectivity index (χ1n) is 7.35. The van der Waals surface area contributed by atoms with Crippen molar-refractivity contribution in [3.63, 3.8) is 0 Å². The van der Waals surface area contributed by atoms with Crippen molar-refractivity contribution in [2.45, 2.75) is 31.8 Å². The van der Waals surface area contributed by atoms with Gasteiger partial charge in [-0.2, -0.15) is 0 Å². The maximum Gasteiger partial charge on any atom is 0.251 e. The molecule has 21 heavy (non-hydrogen) atoms. The van der Waals surface area contributed by atoms with E-state index in [4.69, 9.17) is 0 Å². The zero-order valence-electron chi connectivity index (χ0n) is 12.1. The minimum atomic E-state index is 0.00582. The number of benzene rings is 1. The van der Waals surface area contributed by atoms with Gasteiger partial charge in [-0.25, -0.2) is 4.98 Å². The van der Waals surface area contributed by atoms with Crippen LogP contribution >= 0.6 is 0 Å². The van der Waals surface area contributed by atoms with Gasteiger partial charge in [-0.05, 0) is 50.6 Å². The summed E-state index contributed by atoms with van der Waals surface area (Å²) in [6, 6.07) is 8.31. The second kappa shape index (κ2) is 6.10. The zero-order chi connectivity index (χ0) is 14.7. The number of imidazole rings is 1. The fraction of sp³-hybridized carbons (Fsp3) is 0.375. The maximum absolute atomic E-state index is 12.3. The summed E-state index contributed by atoms with van der Waals surface area (Å²) in [7, 11) is 0. The third-order valence-corrected chi connectivity index (χ3v) is 3.89. The predicted octanol–water partition coefficient (Wildman–Crippen LogP) is 1.74. The lowest BCUT2D eigenvalue weighted by Gasteiger charge is -2.28. The molecular formula is C16H20N4O. The van der Waals surface area contributed by atoms with E-state index in [1.54, 1.807) is 12.5 Å². The minimum Gasteiger partial charge on any atom is -0.349 e. The highest BCUT2D eigenvalue weighted by molar-refractivity contribution is 5.94. The van der Waals surface area contributed by atoms with E-state index in [0.29, 0.717) is 11.6 Å². The summed E-state index contributed by atoms with van der Waals surface area (Å²) in [6.45, 7) is 3.11. The number of rotatable bonds is 3. The molecular weight excluding hydrogens is 264 g/mol. The van der Waals surface area contributed by atoms with Crippen molar-refractivity contribution in [2.75, 3.05) is 6.54 Å². The predicted molar refractivity (Wildman–Crippen MR) is 81.5 cm³/mol. The van der Waals surface area contributed by atoms with E-state index in [-0.39, 0.29) is 11.9 Å². The molecule has 0 aliphatic carbocycles. The van der Waals surface area contributed by atoms with Crippen molar-refractivity contribution in [3.8, 4) is 5.69 Å². The van der Waals surface area contributed by atoms with Gasteiger partial charge < -0.3 is 15.2 Å². The van der Waals surface area contributed by atoms with E-state index >= 15 is 0 Å². The molecule has 0 saturated carbocycles. The Bertz CT molecular complexity index is 591. The minimum absolute atomic E-state index is 0.00582. The van der Waals surface area contributed by atoms with Crippen LogP contribution in [0, 0.1) is 0 Å². The van der Waals surface area contributed by atoms with Crippen molar-refractivity contribution >= 4 is 5.91 Å². The molecule has 2 aromatic rings. The van der Waals surface area contributed by atoms with Gasteiger partial charge in [0.15, 0.2) is 0 Å². The van der Waals surface area contributed by atoms with Gasteiger partial charge in [0.2, 0.25) is 0 Å². The highest BCUT2D eigenvalue weighted by atomic mass is 16.1. The van der Waals surface area contributed by atoms with Crippen LogP contribution in [0.3, 0.4) is 0 Å². The molecule has 1 saturated heterocycles. The third-order valence-electron chi connectivity index (χ3n) is 3.89. The van der Waals surface area contributed by atoms with Crippen LogP contribution in [-0.4, -0.2) is 34.1 Å². The number of carbonyl (C=O) groups is 1. The molecule has 0 spiro atoms. The second-order valence-electron chi connectivity index (χ2n) is 5.57. The molecule has 1 amide bonds. The average Bonchev–Trinajstić information content (AvgIpc) is 3.01. The van der Waals surface area contributed by atoms with Crippen LogP contribution in [0.25, 0.3) is 5.69 Å². The van der Waals surface area contributed by atoms with Gasteiger partial charge in [0.25, 0.3) is 5.91 Å². The molecule has 5 heteroatoms. The van der Waals surface area contributed by atoms with Gasteiger partial charge in [-0.3, -0.25) is 4.79 Å². The van der Waals surface area contributed by atoms with Crippen LogP contribution in [0.1, 0.15) is 30.1 Å². The number of aromatic nitrogens is 2. The Morgan fingerprint density at radius 1 is 1.38 bits per heavy atom. The van der Waals surface area contributed by atoms with E-state index in [1.165, 1.54) is 0 Å². The normalized spacial score (nSPS) is 22.0. The Labute approximate surface area is 124 Å². The first-order chi connectivity index (χ1) is 10.2. The summed E-state index contributed by atoms with van der Waals surface area (Å²) >= 11 is 0. The lowest BCUT2D eigenvalue weighted by Crippen LogP contribution is -2.46. The molecule has 0 bridgehead atoms. The number of nitrogens with one attached hydrogen (secondary N) is 2. The topological polar surface area (TPSA) is 59.0 Å². The largest absolute Gasteiger partial charge is 0.349 e. The zero-order valence-corrected chi connectivity index (χ0v) is 12.1. The summed E-state index contributed by atoms with van der Waals surface area (Å²) in [5.74, 6) is 0.00582. The Hall–Kier alpha value is -2.14. The Kier molecular flexibility index (Phi) is 4.01. The number of nitrogens with zero attached hydrogens (tertiary/aromatic N) is 2. The highest BCUT2D eigenvalue weighted by Gasteiger charge is 2.20. The third kappa shape index (κ3) is 3.31. The van der Waals surface area contributed by atoms with Gasteiger partial charge in [-0.1, -0.05) is 0 Å². The fourth-order valence-corrected chi connectivity index (χ4v) is 2.73. The van der Waals surface area contributed by atoms with Crippen LogP contribution < -0.4 is 10.6 Å². The molecule has 0 radical (unpaired) electrons. The molecule has 2 atom stereocenters. The number of piperidine rings is 1. The van der Waals surface area contributed by atoms with Gasteiger partial charge in [0.05, 0.1) is 6.33 Å². The molecule has 110 valence electrons. The molecule has 2 N–H and O–H groups in total. The van der Waals surface area contributed by atoms with E-state index in [2.05, 4.69) is 22.5 Å². The maximum atomic E-state index is 12.3. The van der Waals surface area contributed by atoms with Crippen molar-refractivity contribution in [1.29, 1.82) is 0 Å². The monoisotopic (exact) mass is 284 g/mol. The van der Waals surface area contributed by atoms with Gasteiger partial charge >= 0.3 is 0 Å². The molecule has 1 fully saturated rings. The van der Waals surface area contributed by atoms with Crippen LogP contribution in [0.2, 0.25) is 0 Å². The van der Waals surface area contributed by atoms with E-state index in [0.717, 1.165) is 25.1 Å². The highest BCUT2D eigenvalue weighted by Crippen LogP contribution is 2.12. The Morgan fingerprint density at radius 3 is 2.86 bits per heavy atom. The molecule has 1 aliphatic rings. The number of hydrogen-bond acceptors (Lipinski definition) is 3. The Balaban J connectivity index is 1.65. The smallest absolute Gasteiger partial charge is 0.251 e. The van der Waals surface area contributed by atoms with Gasteiger partial charge in [-0.15, -0.1) is 0 Å². The fourth-order valence-electron chi connectivity index (χ4n) is 2.73. The van der Waals surface area contributed by atoms with Crippen molar-refractivity contribution in [2.24, 2.45) is 0 Å². The number of amides is 1. The summed E-state index contributed by atoms with van der Waals surface area (Å²) < 4.78 is 1.91. The molecule has 1 aliphatic heterocycles. The van der Waals surface area contributed by atoms with Crippen LogP contribution in [-0.2, 0) is 0 Å². The second-order valence-corrected chi connectivity index (χ2v) is 5.57. The van der Waals surface area contributed by atoms with Crippen LogP contribution in [0.4, 0.5) is 0 Å². The molecule has 2 unspecified atom stereocenters. The van der Waals surface area contributed by atoms with Crippen molar-refractivity contribution in [1.82, 2.24) is 20.2 Å². The van der Waals surface area contributed by atoms with Crippen LogP contribution in [0.15, 0.2) is 43.0 Å². The standard InChI is InChI=1S/C16H20N4O/c1-12-10-14(6-7-18-12)19-16(21)13-2-4-15(5-3-13)20-9-8-17-11-20/h2-5,8-9,11-12,14,18H,6-7,10H2,1H3,(H,19,21). The average molecular weight is 284 g/mol. The first kappa shape index (κ1) is 13.8. The van der Waals surface area contributed by atoms with Gasteiger partial charge in [0, 0.05) is 35.7 Å². The lowest BCUT2D eigenvalue weighted by atomic mass is 10.0. The van der Waals surface area contributed by atoms with Crippen molar-refractivity contribution < 1.29 is 4.79 Å². The summed E-state index contributed by atoms with van der Waals surface area (Å²) in [4.78, 5) is 16.3. The number of hydrogen-bond donors (Lipinski definition) is 2. The first-order valence-corrected chi connectivity index (χ1v) is 7.35. The molecule has 2 heterocycles. The summed E-state index contributed by atoms with van der Waals surface area (Å²) in [6.07, 6.45) is 7.33. The van der Waals surface area contributed by atoms with E-state index < -0.39 is 0 Å². The van der Waals surface area contributed by atoms with Crippen LogP contribution in [0.5, 0.6) is 0 Å². The summed E-state index contributed by atoms with van der Waals surface area (Å²) in [5.41, 5.74) is 1.70. The number of carbonyl (C=O) groups excluding carboxylic acids is 1. The lowest BCUT2D eigenvalue weighted by molar-refractivity contribution is 0.0925.